The van der Waals surface area contributed by atoms with E-state index in [0.717, 1.165) is 18.4 Å². The van der Waals surface area contributed by atoms with E-state index in [1.54, 1.807) is 13.8 Å². The van der Waals surface area contributed by atoms with E-state index >= 15 is 0 Å². The zero-order valence-electron chi connectivity index (χ0n) is 20.9. The summed E-state index contributed by atoms with van der Waals surface area (Å²) in [6, 6.07) is 0. The van der Waals surface area contributed by atoms with Gasteiger partial charge in [0.25, 0.3) is 0 Å². The summed E-state index contributed by atoms with van der Waals surface area (Å²) in [6.07, 6.45) is 12.1. The lowest BCUT2D eigenvalue weighted by Crippen LogP contribution is -2.39. The van der Waals surface area contributed by atoms with Crippen LogP contribution in [-0.4, -0.2) is 33.1 Å². The van der Waals surface area contributed by atoms with Gasteiger partial charge in [-0.1, -0.05) is 64.3 Å². The summed E-state index contributed by atoms with van der Waals surface area (Å²) in [4.78, 5) is 0. The predicted octanol–water partition coefficient (Wildman–Crippen LogP) is 5.64. The normalized spacial score (nSPS) is 33.1. The second-order valence-electron chi connectivity index (χ2n) is 11.8. The van der Waals surface area contributed by atoms with Crippen LogP contribution in [0.25, 0.3) is 0 Å². The fourth-order valence-corrected chi connectivity index (χ4v) is 5.80. The summed E-state index contributed by atoms with van der Waals surface area (Å²) in [5.41, 5.74) is 0.707. The van der Waals surface area contributed by atoms with Crippen LogP contribution in [0.4, 0.5) is 0 Å². The zero-order valence-corrected chi connectivity index (χ0v) is 20.9. The van der Waals surface area contributed by atoms with Crippen molar-refractivity contribution in [3.63, 3.8) is 0 Å². The molecule has 2 rings (SSSR count). The molecule has 31 heavy (non-hydrogen) atoms. The van der Waals surface area contributed by atoms with Crippen LogP contribution < -0.4 is 0 Å². The van der Waals surface area contributed by atoms with Gasteiger partial charge >= 0.3 is 0 Å². The highest BCUT2D eigenvalue weighted by Gasteiger charge is 2.52. The number of aliphatic hydroxyl groups excluding tert-OH is 2. The van der Waals surface area contributed by atoms with Crippen LogP contribution in [0, 0.1) is 40.4 Å². The van der Waals surface area contributed by atoms with E-state index in [4.69, 9.17) is 0 Å². The highest BCUT2D eigenvalue weighted by molar-refractivity contribution is 5.19. The van der Waals surface area contributed by atoms with Crippen molar-refractivity contribution in [1.29, 1.82) is 0 Å². The maximum absolute atomic E-state index is 9.89. The highest BCUT2D eigenvalue weighted by atomic mass is 16.3. The lowest BCUT2D eigenvalue weighted by Gasteiger charge is -2.46. The molecule has 0 heterocycles. The summed E-state index contributed by atoms with van der Waals surface area (Å²) in [5, 5.41) is 29.6. The molecular weight excluding hydrogens is 384 g/mol. The molecule has 1 unspecified atom stereocenters. The van der Waals surface area contributed by atoms with Crippen molar-refractivity contribution in [2.75, 3.05) is 0 Å². The molecule has 2 saturated carbocycles. The third-order valence-electron chi connectivity index (χ3n) is 8.28. The highest BCUT2D eigenvalue weighted by Crippen LogP contribution is 2.61. The number of allylic oxidation sites excluding steroid dienone is 3. The SMILES string of the molecule is CC(CC#CC(C)(C)O)C[C@H](C)[C@@]1(C)CC[C@@H](/C=C/C=C2C[C@@H](O)C[C@H](O)C2)C1(C)C. The summed E-state index contributed by atoms with van der Waals surface area (Å²) in [6.45, 7) is 15.5. The minimum absolute atomic E-state index is 0.200. The Morgan fingerprint density at radius 2 is 1.74 bits per heavy atom. The third kappa shape index (κ3) is 6.95. The van der Waals surface area contributed by atoms with E-state index < -0.39 is 17.8 Å². The monoisotopic (exact) mass is 430 g/mol. The smallest absolute Gasteiger partial charge is 0.119 e. The van der Waals surface area contributed by atoms with Crippen molar-refractivity contribution < 1.29 is 15.3 Å². The first-order chi connectivity index (χ1) is 14.2. The average Bonchev–Trinajstić information content (AvgIpc) is 2.84. The zero-order chi connectivity index (χ0) is 23.4. The van der Waals surface area contributed by atoms with Gasteiger partial charge in [0.15, 0.2) is 0 Å². The molecule has 0 saturated heterocycles. The van der Waals surface area contributed by atoms with Gasteiger partial charge in [-0.2, -0.15) is 0 Å². The Labute approximate surface area is 191 Å². The van der Waals surface area contributed by atoms with Crippen LogP contribution in [0.2, 0.25) is 0 Å². The van der Waals surface area contributed by atoms with Gasteiger partial charge in [-0.25, -0.2) is 0 Å². The van der Waals surface area contributed by atoms with Crippen molar-refractivity contribution in [2.45, 2.75) is 111 Å². The Morgan fingerprint density at radius 3 is 2.32 bits per heavy atom. The van der Waals surface area contributed by atoms with Crippen molar-refractivity contribution >= 4 is 0 Å². The van der Waals surface area contributed by atoms with Gasteiger partial charge in [0.1, 0.15) is 5.60 Å². The molecule has 0 aromatic rings. The lowest BCUT2D eigenvalue weighted by atomic mass is 9.58. The summed E-state index contributed by atoms with van der Waals surface area (Å²) in [7, 11) is 0. The van der Waals surface area contributed by atoms with E-state index in [1.807, 2.05) is 0 Å². The summed E-state index contributed by atoms with van der Waals surface area (Å²) in [5.74, 6) is 7.76. The molecule has 3 N–H and O–H groups in total. The van der Waals surface area contributed by atoms with Gasteiger partial charge in [0.05, 0.1) is 12.2 Å². The summed E-state index contributed by atoms with van der Waals surface area (Å²) < 4.78 is 0. The van der Waals surface area contributed by atoms with Crippen LogP contribution in [0.15, 0.2) is 23.8 Å². The van der Waals surface area contributed by atoms with Crippen molar-refractivity contribution in [3.05, 3.63) is 23.8 Å². The Kier molecular flexibility index (Phi) is 8.65. The Bertz CT molecular complexity index is 703. The largest absolute Gasteiger partial charge is 0.393 e. The van der Waals surface area contributed by atoms with E-state index in [2.05, 4.69) is 64.7 Å². The Morgan fingerprint density at radius 1 is 1.13 bits per heavy atom. The summed E-state index contributed by atoms with van der Waals surface area (Å²) >= 11 is 0. The minimum Gasteiger partial charge on any atom is -0.393 e. The van der Waals surface area contributed by atoms with E-state index in [0.29, 0.717) is 37.0 Å². The first-order valence-corrected chi connectivity index (χ1v) is 12.2. The fourth-order valence-electron chi connectivity index (χ4n) is 5.80. The first-order valence-electron chi connectivity index (χ1n) is 12.2. The molecular formula is C28H46O3. The van der Waals surface area contributed by atoms with Gasteiger partial charge < -0.3 is 15.3 Å². The molecule has 2 fully saturated rings. The number of aliphatic hydroxyl groups is 3. The third-order valence-corrected chi connectivity index (χ3v) is 8.28. The maximum Gasteiger partial charge on any atom is 0.119 e. The Hall–Kier alpha value is -1.08. The maximum atomic E-state index is 9.89. The van der Waals surface area contributed by atoms with E-state index in [1.165, 1.54) is 12.8 Å². The van der Waals surface area contributed by atoms with E-state index in [-0.39, 0.29) is 10.8 Å². The quantitative estimate of drug-likeness (QED) is 0.478. The molecule has 0 aromatic heterocycles. The first kappa shape index (κ1) is 26.2. The van der Waals surface area contributed by atoms with Crippen LogP contribution >= 0.6 is 0 Å². The average molecular weight is 431 g/mol. The topological polar surface area (TPSA) is 60.7 Å². The molecule has 3 heteroatoms. The molecule has 0 aromatic carbocycles. The van der Waals surface area contributed by atoms with Crippen LogP contribution in [-0.2, 0) is 0 Å². The molecule has 0 aliphatic heterocycles. The molecule has 176 valence electrons. The van der Waals surface area contributed by atoms with Gasteiger partial charge in [0.2, 0.25) is 0 Å². The van der Waals surface area contributed by atoms with Crippen molar-refractivity contribution in [3.8, 4) is 11.8 Å². The van der Waals surface area contributed by atoms with Gasteiger partial charge in [-0.15, -0.1) is 5.92 Å². The van der Waals surface area contributed by atoms with E-state index in [9.17, 15) is 15.3 Å². The second-order valence-corrected chi connectivity index (χ2v) is 11.8. The molecule has 0 bridgehead atoms. The van der Waals surface area contributed by atoms with Crippen molar-refractivity contribution in [2.24, 2.45) is 28.6 Å². The van der Waals surface area contributed by atoms with Gasteiger partial charge in [-0.05, 0) is 81.0 Å². The number of rotatable bonds is 6. The van der Waals surface area contributed by atoms with Crippen LogP contribution in [0.3, 0.4) is 0 Å². The molecule has 0 spiro atoms. The minimum atomic E-state index is -0.909. The molecule has 0 radical (unpaired) electrons. The molecule has 3 nitrogen and oxygen atoms in total. The number of hydrogen-bond acceptors (Lipinski definition) is 3. The second kappa shape index (κ2) is 10.2. The predicted molar refractivity (Wildman–Crippen MR) is 129 cm³/mol. The van der Waals surface area contributed by atoms with Gasteiger partial charge in [0, 0.05) is 6.42 Å². The molecule has 0 amide bonds. The fraction of sp³-hybridized carbons (Fsp3) is 0.786. The van der Waals surface area contributed by atoms with Crippen LogP contribution in [0.1, 0.15) is 93.4 Å². The Balaban J connectivity index is 2.00. The standard InChI is InChI=1S/C28H46O3/c1-20(10-9-14-26(3,4)31)16-21(2)28(7)15-13-23(27(28,5)6)12-8-11-22-17-24(29)19-25(30)18-22/h8,11-12,20-21,23-25,29-31H,10,13,15-19H2,1-7H3/b12-8+/t20?,21-,23+,24+,25+,28+/m0/s1. The number of hydrogen-bond donors (Lipinski definition) is 3. The van der Waals surface area contributed by atoms with Gasteiger partial charge in [-0.3, -0.25) is 0 Å². The lowest BCUT2D eigenvalue weighted by molar-refractivity contribution is 0.0346. The van der Waals surface area contributed by atoms with Crippen molar-refractivity contribution in [1.82, 2.24) is 0 Å². The molecule has 2 aliphatic carbocycles. The molecule has 2 aliphatic rings. The van der Waals surface area contributed by atoms with Crippen LogP contribution in [0.5, 0.6) is 0 Å². The molecule has 6 atom stereocenters.